The van der Waals surface area contributed by atoms with E-state index in [4.69, 9.17) is 0 Å². The number of hydrogen-bond acceptors (Lipinski definition) is 4. The number of hydrogen-bond donors (Lipinski definition) is 2. The van der Waals surface area contributed by atoms with Gasteiger partial charge in [-0.15, -0.1) is 0 Å². The fourth-order valence-electron chi connectivity index (χ4n) is 2.14. The van der Waals surface area contributed by atoms with Gasteiger partial charge in [-0.2, -0.15) is 0 Å². The molecule has 1 fully saturated rings. The number of benzene rings is 1. The molecule has 86 valence electrons. The van der Waals surface area contributed by atoms with Crippen molar-refractivity contribution in [1.82, 2.24) is 15.3 Å². The highest BCUT2D eigenvalue weighted by atomic mass is 16.3. The quantitative estimate of drug-likeness (QED) is 0.817. The minimum Gasteiger partial charge on any atom is -0.508 e. The Balaban J connectivity index is 2.13. The Hall–Kier alpha value is -1.94. The molecule has 1 aliphatic heterocycles. The minimum atomic E-state index is 0.347. The van der Waals surface area contributed by atoms with Crippen LogP contribution in [0.5, 0.6) is 5.75 Å². The Kier molecular flexibility index (Phi) is 2.49. The van der Waals surface area contributed by atoms with Crippen LogP contribution in [0.1, 0.15) is 11.5 Å². The van der Waals surface area contributed by atoms with Gasteiger partial charge in [-0.1, -0.05) is 12.1 Å². The van der Waals surface area contributed by atoms with Crippen molar-refractivity contribution in [3.63, 3.8) is 0 Å². The zero-order valence-electron chi connectivity index (χ0n) is 9.30. The van der Waals surface area contributed by atoms with Crippen LogP contribution in [0, 0.1) is 0 Å². The van der Waals surface area contributed by atoms with E-state index in [0.717, 1.165) is 29.9 Å². The second kappa shape index (κ2) is 4.14. The molecule has 0 aliphatic carbocycles. The van der Waals surface area contributed by atoms with Crippen molar-refractivity contribution in [3.8, 4) is 17.0 Å². The predicted octanol–water partition coefficient (Wildman–Crippen LogP) is 1.54. The van der Waals surface area contributed by atoms with Crippen LogP contribution < -0.4 is 5.32 Å². The molecular formula is C13H13N3O. The first-order valence-electron chi connectivity index (χ1n) is 5.65. The van der Waals surface area contributed by atoms with Crippen LogP contribution in [-0.4, -0.2) is 28.2 Å². The van der Waals surface area contributed by atoms with Gasteiger partial charge in [0.1, 0.15) is 5.75 Å². The Bertz CT molecular complexity index is 523. The lowest BCUT2D eigenvalue weighted by Crippen LogP contribution is -2.40. The Morgan fingerprint density at radius 1 is 1.24 bits per heavy atom. The first-order valence-corrected chi connectivity index (χ1v) is 5.65. The van der Waals surface area contributed by atoms with Crippen LogP contribution in [0.4, 0.5) is 0 Å². The maximum atomic E-state index is 10.0. The van der Waals surface area contributed by atoms with E-state index in [-0.39, 0.29) is 0 Å². The molecule has 0 amide bonds. The molecule has 0 atom stereocenters. The molecule has 4 nitrogen and oxygen atoms in total. The van der Waals surface area contributed by atoms with Crippen molar-refractivity contribution in [2.45, 2.75) is 5.92 Å². The lowest BCUT2D eigenvalue weighted by molar-refractivity contribution is 0.414. The molecule has 2 N–H and O–H groups in total. The van der Waals surface area contributed by atoms with Gasteiger partial charge in [0, 0.05) is 42.5 Å². The third kappa shape index (κ3) is 1.76. The van der Waals surface area contributed by atoms with Gasteiger partial charge in [-0.3, -0.25) is 9.97 Å². The molecule has 1 aromatic heterocycles. The number of phenolic OH excluding ortho intramolecular Hbond substituents is 1. The molecule has 17 heavy (non-hydrogen) atoms. The molecule has 2 aromatic rings. The maximum absolute atomic E-state index is 10.0. The smallest absolute Gasteiger partial charge is 0.119 e. The average molecular weight is 227 g/mol. The lowest BCUT2D eigenvalue weighted by Gasteiger charge is -2.29. The molecule has 4 heteroatoms. The fourth-order valence-corrected chi connectivity index (χ4v) is 2.14. The van der Waals surface area contributed by atoms with Gasteiger partial charge in [0.15, 0.2) is 0 Å². The van der Waals surface area contributed by atoms with Gasteiger partial charge in [0.25, 0.3) is 0 Å². The third-order valence-electron chi connectivity index (χ3n) is 3.11. The molecule has 0 unspecified atom stereocenters. The van der Waals surface area contributed by atoms with Crippen LogP contribution >= 0.6 is 0 Å². The van der Waals surface area contributed by atoms with Crippen LogP contribution in [0.15, 0.2) is 36.8 Å². The van der Waals surface area contributed by atoms with E-state index in [1.54, 1.807) is 24.7 Å². The van der Waals surface area contributed by atoms with E-state index in [0.29, 0.717) is 11.7 Å². The monoisotopic (exact) mass is 227 g/mol. The second-order valence-electron chi connectivity index (χ2n) is 4.18. The standard InChI is InChI=1S/C13H13N3O/c17-12-3-1-2-10(11-8-14-4-5-16-11)13(12)9-6-15-7-9/h1-5,8-9,15,17H,6-7H2. The number of nitrogens with one attached hydrogen (secondary N) is 1. The molecule has 0 saturated carbocycles. The van der Waals surface area contributed by atoms with Gasteiger partial charge in [-0.05, 0) is 6.07 Å². The number of rotatable bonds is 2. The largest absolute Gasteiger partial charge is 0.508 e. The van der Waals surface area contributed by atoms with E-state index in [2.05, 4.69) is 15.3 Å². The fraction of sp³-hybridized carbons (Fsp3) is 0.231. The number of phenols is 1. The second-order valence-corrected chi connectivity index (χ2v) is 4.18. The molecule has 3 rings (SSSR count). The number of aromatic hydroxyl groups is 1. The predicted molar refractivity (Wildman–Crippen MR) is 64.7 cm³/mol. The maximum Gasteiger partial charge on any atom is 0.119 e. The summed E-state index contributed by atoms with van der Waals surface area (Å²) in [6.45, 7) is 1.82. The van der Waals surface area contributed by atoms with Crippen molar-refractivity contribution in [1.29, 1.82) is 0 Å². The third-order valence-corrected chi connectivity index (χ3v) is 3.11. The molecule has 0 radical (unpaired) electrons. The van der Waals surface area contributed by atoms with Crippen molar-refractivity contribution in [2.75, 3.05) is 13.1 Å². The summed E-state index contributed by atoms with van der Waals surface area (Å²) in [7, 11) is 0. The van der Waals surface area contributed by atoms with Gasteiger partial charge in [0.05, 0.1) is 11.9 Å². The van der Waals surface area contributed by atoms with Gasteiger partial charge in [-0.25, -0.2) is 0 Å². The van der Waals surface area contributed by atoms with E-state index in [9.17, 15) is 5.11 Å². The van der Waals surface area contributed by atoms with Crippen molar-refractivity contribution in [3.05, 3.63) is 42.4 Å². The van der Waals surface area contributed by atoms with E-state index >= 15 is 0 Å². The van der Waals surface area contributed by atoms with E-state index in [1.807, 2.05) is 12.1 Å². The Labute approximate surface area is 99.4 Å². The SMILES string of the molecule is Oc1cccc(-c2cnccn2)c1C1CNC1. The van der Waals surface area contributed by atoms with Crippen molar-refractivity contribution in [2.24, 2.45) is 0 Å². The summed E-state index contributed by atoms with van der Waals surface area (Å²) in [4.78, 5) is 8.37. The van der Waals surface area contributed by atoms with Gasteiger partial charge < -0.3 is 10.4 Å². The van der Waals surface area contributed by atoms with Crippen LogP contribution in [0.3, 0.4) is 0 Å². The summed E-state index contributed by atoms with van der Waals surface area (Å²) in [6, 6.07) is 5.56. The van der Waals surface area contributed by atoms with Crippen LogP contribution in [-0.2, 0) is 0 Å². The molecule has 1 aliphatic rings. The van der Waals surface area contributed by atoms with Crippen LogP contribution in [0.2, 0.25) is 0 Å². The first kappa shape index (κ1) is 10.2. The molecule has 0 bridgehead atoms. The number of nitrogens with zero attached hydrogens (tertiary/aromatic N) is 2. The molecule has 2 heterocycles. The summed E-state index contributed by atoms with van der Waals surface area (Å²) in [6.07, 6.45) is 5.05. The van der Waals surface area contributed by atoms with E-state index in [1.165, 1.54) is 0 Å². The summed E-state index contributed by atoms with van der Waals surface area (Å²) in [5.41, 5.74) is 2.77. The molecular weight excluding hydrogens is 214 g/mol. The van der Waals surface area contributed by atoms with Gasteiger partial charge >= 0.3 is 0 Å². The van der Waals surface area contributed by atoms with Gasteiger partial charge in [0.2, 0.25) is 0 Å². The highest BCUT2D eigenvalue weighted by molar-refractivity contribution is 5.67. The van der Waals surface area contributed by atoms with E-state index < -0.39 is 0 Å². The lowest BCUT2D eigenvalue weighted by atomic mass is 9.88. The zero-order valence-corrected chi connectivity index (χ0v) is 9.30. The van der Waals surface area contributed by atoms with Crippen LogP contribution in [0.25, 0.3) is 11.3 Å². The average Bonchev–Trinajstić information content (AvgIpc) is 2.31. The highest BCUT2D eigenvalue weighted by Crippen LogP contribution is 2.36. The normalized spacial score (nSPS) is 15.5. The molecule has 0 spiro atoms. The first-order chi connectivity index (χ1) is 8.36. The highest BCUT2D eigenvalue weighted by Gasteiger charge is 2.25. The Morgan fingerprint density at radius 2 is 2.12 bits per heavy atom. The Morgan fingerprint density at radius 3 is 2.76 bits per heavy atom. The minimum absolute atomic E-state index is 0.347. The van der Waals surface area contributed by atoms with Crippen molar-refractivity contribution >= 4 is 0 Å². The summed E-state index contributed by atoms with van der Waals surface area (Å²) < 4.78 is 0. The summed E-state index contributed by atoms with van der Waals surface area (Å²) >= 11 is 0. The number of aromatic nitrogens is 2. The molecule has 1 aromatic carbocycles. The topological polar surface area (TPSA) is 58.0 Å². The zero-order chi connectivity index (χ0) is 11.7. The molecule has 1 saturated heterocycles. The summed E-state index contributed by atoms with van der Waals surface area (Å²) in [5.74, 6) is 0.716. The van der Waals surface area contributed by atoms with Crippen molar-refractivity contribution < 1.29 is 5.11 Å². The summed E-state index contributed by atoms with van der Waals surface area (Å²) in [5, 5.41) is 13.2.